The first-order valence-corrected chi connectivity index (χ1v) is 8.09. The molecule has 1 saturated carbocycles. The number of aromatic carboxylic acids is 1. The third-order valence-electron chi connectivity index (χ3n) is 4.85. The summed E-state index contributed by atoms with van der Waals surface area (Å²) in [5.41, 5.74) is -1.97. The van der Waals surface area contributed by atoms with Gasteiger partial charge in [0.05, 0.1) is 6.54 Å². The first-order valence-electron chi connectivity index (χ1n) is 8.09. The van der Waals surface area contributed by atoms with Crippen LogP contribution in [-0.4, -0.2) is 49.4 Å². The minimum Gasteiger partial charge on any atom is -0.503 e. The molecule has 3 N–H and O–H groups in total. The molecule has 3 rings (SSSR count). The Kier molecular flexibility index (Phi) is 4.31. The van der Waals surface area contributed by atoms with Crippen molar-refractivity contribution in [2.75, 3.05) is 6.54 Å². The zero-order chi connectivity index (χ0) is 17.4. The molecule has 0 saturated heterocycles. The summed E-state index contributed by atoms with van der Waals surface area (Å²) in [7, 11) is 0. The quantitative estimate of drug-likeness (QED) is 0.744. The Labute approximate surface area is 137 Å². The number of amides is 1. The Bertz CT molecular complexity index is 735. The van der Waals surface area contributed by atoms with E-state index in [9.17, 15) is 24.6 Å². The van der Waals surface area contributed by atoms with Crippen LogP contribution in [0, 0.1) is 5.92 Å². The van der Waals surface area contributed by atoms with Crippen molar-refractivity contribution in [1.29, 1.82) is 0 Å². The first-order chi connectivity index (χ1) is 11.4. The number of fused-ring (bicyclic) bond motifs is 1. The number of carbonyl (C=O) groups excluding carboxylic acids is 1. The highest BCUT2D eigenvalue weighted by atomic mass is 16.4. The molecule has 1 fully saturated rings. The Morgan fingerprint density at radius 3 is 2.50 bits per heavy atom. The number of carboxylic acids is 1. The van der Waals surface area contributed by atoms with Gasteiger partial charge in [0.1, 0.15) is 11.8 Å². The maximum atomic E-state index is 12.7. The fourth-order valence-electron chi connectivity index (χ4n) is 3.57. The minimum atomic E-state index is -1.49. The van der Waals surface area contributed by atoms with Gasteiger partial charge in [0.2, 0.25) is 5.43 Å². The van der Waals surface area contributed by atoms with Crippen molar-refractivity contribution in [1.82, 2.24) is 9.47 Å². The number of carboxylic acid groups (broad SMARTS) is 1. The molecule has 1 aromatic rings. The lowest BCUT2D eigenvalue weighted by atomic mass is 9.88. The molecule has 8 heteroatoms. The Balaban J connectivity index is 1.95. The van der Waals surface area contributed by atoms with Crippen LogP contribution in [0.3, 0.4) is 0 Å². The molecule has 0 bridgehead atoms. The molecule has 1 aliphatic heterocycles. The average Bonchev–Trinajstić information content (AvgIpc) is 2.55. The van der Waals surface area contributed by atoms with Gasteiger partial charge >= 0.3 is 5.97 Å². The van der Waals surface area contributed by atoms with E-state index in [0.29, 0.717) is 6.54 Å². The van der Waals surface area contributed by atoms with Gasteiger partial charge in [-0.25, -0.2) is 4.79 Å². The van der Waals surface area contributed by atoms with Crippen LogP contribution in [0.4, 0.5) is 0 Å². The molecule has 130 valence electrons. The van der Waals surface area contributed by atoms with Crippen LogP contribution in [-0.2, 0) is 6.54 Å². The van der Waals surface area contributed by atoms with E-state index in [-0.39, 0.29) is 18.2 Å². The van der Waals surface area contributed by atoms with Gasteiger partial charge in [-0.15, -0.1) is 0 Å². The summed E-state index contributed by atoms with van der Waals surface area (Å²) in [4.78, 5) is 36.9. The van der Waals surface area contributed by atoms with E-state index in [1.54, 1.807) is 0 Å². The third kappa shape index (κ3) is 2.77. The van der Waals surface area contributed by atoms with Crippen molar-refractivity contribution in [3.05, 3.63) is 27.7 Å². The van der Waals surface area contributed by atoms with Gasteiger partial charge in [0.25, 0.3) is 5.91 Å². The van der Waals surface area contributed by atoms with Crippen LogP contribution in [0.25, 0.3) is 0 Å². The molecule has 1 aliphatic carbocycles. The molecule has 2 heterocycles. The lowest BCUT2D eigenvalue weighted by molar-refractivity contribution is -0.0207. The normalized spacial score (nSPS) is 21.6. The fourth-order valence-corrected chi connectivity index (χ4v) is 3.57. The van der Waals surface area contributed by atoms with Crippen molar-refractivity contribution in [2.24, 2.45) is 5.92 Å². The summed E-state index contributed by atoms with van der Waals surface area (Å²) in [6.45, 7) is 0.288. The van der Waals surface area contributed by atoms with Gasteiger partial charge in [-0.1, -0.05) is 19.3 Å². The highest BCUT2D eigenvalue weighted by Crippen LogP contribution is 2.28. The third-order valence-corrected chi connectivity index (χ3v) is 4.85. The number of aliphatic hydroxyl groups excluding tert-OH is 1. The number of aliphatic hydroxyl groups is 1. The van der Waals surface area contributed by atoms with Gasteiger partial charge in [-0.2, -0.15) is 0 Å². The summed E-state index contributed by atoms with van der Waals surface area (Å²) < 4.78 is 1.14. The highest BCUT2D eigenvalue weighted by molar-refractivity contribution is 5.97. The molecule has 0 aromatic carbocycles. The summed E-state index contributed by atoms with van der Waals surface area (Å²) in [6, 6.07) is 0. The number of pyridine rings is 1. The second-order valence-electron chi connectivity index (χ2n) is 6.47. The largest absolute Gasteiger partial charge is 0.503 e. The zero-order valence-corrected chi connectivity index (χ0v) is 13.1. The lowest BCUT2D eigenvalue weighted by Crippen LogP contribution is -2.51. The molecule has 1 amide bonds. The maximum Gasteiger partial charge on any atom is 0.341 e. The molecular formula is C16H20N2O6. The van der Waals surface area contributed by atoms with Crippen molar-refractivity contribution < 1.29 is 24.9 Å². The van der Waals surface area contributed by atoms with E-state index in [2.05, 4.69) is 0 Å². The number of aromatic nitrogens is 1. The molecule has 2 aliphatic rings. The molecule has 0 spiro atoms. The first kappa shape index (κ1) is 16.5. The van der Waals surface area contributed by atoms with Crippen molar-refractivity contribution in [3.8, 4) is 5.75 Å². The summed E-state index contributed by atoms with van der Waals surface area (Å²) in [5.74, 6) is -2.72. The molecule has 1 atom stereocenters. The van der Waals surface area contributed by atoms with Crippen LogP contribution in [0.1, 0.15) is 53.0 Å². The van der Waals surface area contributed by atoms with Crippen LogP contribution < -0.4 is 5.43 Å². The molecule has 1 aromatic heterocycles. The van der Waals surface area contributed by atoms with E-state index in [1.807, 2.05) is 0 Å². The van der Waals surface area contributed by atoms with Crippen molar-refractivity contribution in [3.63, 3.8) is 0 Å². The van der Waals surface area contributed by atoms with E-state index >= 15 is 0 Å². The highest BCUT2D eigenvalue weighted by Gasteiger charge is 2.36. The van der Waals surface area contributed by atoms with E-state index in [4.69, 9.17) is 5.11 Å². The van der Waals surface area contributed by atoms with E-state index in [1.165, 1.54) is 11.3 Å². The number of aromatic hydroxyl groups is 1. The SMILES string of the molecule is O=C(O)c1cn2c(c(O)c1=O)C(=O)N(CC1CCCCC1)C(O)C2. The Morgan fingerprint density at radius 2 is 1.88 bits per heavy atom. The number of carbonyl (C=O) groups is 2. The maximum absolute atomic E-state index is 12.7. The van der Waals surface area contributed by atoms with Gasteiger partial charge in [0, 0.05) is 12.7 Å². The smallest absolute Gasteiger partial charge is 0.341 e. The molecule has 24 heavy (non-hydrogen) atoms. The lowest BCUT2D eigenvalue weighted by Gasteiger charge is -2.37. The average molecular weight is 336 g/mol. The second-order valence-corrected chi connectivity index (χ2v) is 6.47. The number of rotatable bonds is 3. The molecule has 0 radical (unpaired) electrons. The second kappa shape index (κ2) is 6.27. The minimum absolute atomic E-state index is 0.0814. The van der Waals surface area contributed by atoms with Gasteiger partial charge < -0.3 is 24.8 Å². The fraction of sp³-hybridized carbons (Fsp3) is 0.562. The van der Waals surface area contributed by atoms with Crippen LogP contribution in [0.15, 0.2) is 11.0 Å². The van der Waals surface area contributed by atoms with Crippen molar-refractivity contribution in [2.45, 2.75) is 44.9 Å². The predicted molar refractivity (Wildman–Crippen MR) is 82.9 cm³/mol. The molecular weight excluding hydrogens is 316 g/mol. The predicted octanol–water partition coefficient (Wildman–Crippen LogP) is 0.607. The zero-order valence-electron chi connectivity index (χ0n) is 13.1. The molecule has 1 unspecified atom stereocenters. The van der Waals surface area contributed by atoms with Crippen LogP contribution >= 0.6 is 0 Å². The van der Waals surface area contributed by atoms with Crippen molar-refractivity contribution >= 4 is 11.9 Å². The van der Waals surface area contributed by atoms with E-state index in [0.717, 1.165) is 36.4 Å². The number of hydrogen-bond acceptors (Lipinski definition) is 5. The Hall–Kier alpha value is -2.35. The topological polar surface area (TPSA) is 120 Å². The van der Waals surface area contributed by atoms with Gasteiger partial charge in [-0.3, -0.25) is 9.59 Å². The number of nitrogens with zero attached hydrogens (tertiary/aromatic N) is 2. The van der Waals surface area contributed by atoms with Gasteiger partial charge in [0.15, 0.2) is 11.4 Å². The summed E-state index contributed by atoms with van der Waals surface area (Å²) in [6.07, 6.45) is 5.19. The van der Waals surface area contributed by atoms with Crippen LogP contribution in [0.2, 0.25) is 0 Å². The molecule has 8 nitrogen and oxygen atoms in total. The van der Waals surface area contributed by atoms with Gasteiger partial charge in [-0.05, 0) is 18.8 Å². The number of hydrogen-bond donors (Lipinski definition) is 3. The van der Waals surface area contributed by atoms with Crippen LogP contribution in [0.5, 0.6) is 5.75 Å². The summed E-state index contributed by atoms with van der Waals surface area (Å²) in [5, 5.41) is 29.3. The monoisotopic (exact) mass is 336 g/mol. The Morgan fingerprint density at radius 1 is 1.21 bits per heavy atom. The summed E-state index contributed by atoms with van der Waals surface area (Å²) >= 11 is 0. The standard InChI is InChI=1S/C16H20N2O6/c19-11-8-17-7-10(16(23)24)13(20)14(21)12(17)15(22)18(11)6-9-4-2-1-3-5-9/h7,9,11,19,21H,1-6,8H2,(H,23,24). The van der Waals surface area contributed by atoms with E-state index < -0.39 is 34.8 Å².